The predicted octanol–water partition coefficient (Wildman–Crippen LogP) is 2.07. The van der Waals surface area contributed by atoms with Crippen molar-refractivity contribution in [2.45, 2.75) is 45.6 Å². The Kier molecular flexibility index (Phi) is 7.25. The number of rotatable bonds is 8. The van der Waals surface area contributed by atoms with E-state index in [2.05, 4.69) is 5.32 Å². The minimum atomic E-state index is -1.40. The number of likely N-dealkylation sites (tertiary alicyclic amines) is 1. The second kappa shape index (κ2) is 9.43. The van der Waals surface area contributed by atoms with Crippen LogP contribution < -0.4 is 14.8 Å². The van der Waals surface area contributed by atoms with Crippen molar-refractivity contribution in [2.75, 3.05) is 26.3 Å². The van der Waals surface area contributed by atoms with Crippen molar-refractivity contribution >= 4 is 17.8 Å². The van der Waals surface area contributed by atoms with Crippen LogP contribution in [0.3, 0.4) is 0 Å². The van der Waals surface area contributed by atoms with E-state index in [-0.39, 0.29) is 18.1 Å². The van der Waals surface area contributed by atoms with Gasteiger partial charge in [0, 0.05) is 18.7 Å². The van der Waals surface area contributed by atoms with Gasteiger partial charge < -0.3 is 24.8 Å². The summed E-state index contributed by atoms with van der Waals surface area (Å²) in [4.78, 5) is 37.6. The van der Waals surface area contributed by atoms with Crippen molar-refractivity contribution in [1.29, 1.82) is 0 Å². The molecule has 0 radical (unpaired) electrons. The first-order valence-electron chi connectivity index (χ1n) is 9.48. The van der Waals surface area contributed by atoms with E-state index in [0.29, 0.717) is 18.1 Å². The van der Waals surface area contributed by atoms with E-state index >= 15 is 0 Å². The number of carboxylic acid groups (broad SMARTS) is 1. The molecule has 8 heteroatoms. The summed E-state index contributed by atoms with van der Waals surface area (Å²) in [6.45, 7) is 6.35. The van der Waals surface area contributed by atoms with Gasteiger partial charge in [0.1, 0.15) is 5.54 Å². The van der Waals surface area contributed by atoms with Crippen LogP contribution in [0.2, 0.25) is 0 Å². The molecule has 1 aromatic rings. The van der Waals surface area contributed by atoms with Crippen LogP contribution in [-0.4, -0.2) is 59.6 Å². The number of nitrogens with one attached hydrogen (secondary N) is 1. The zero-order valence-electron chi connectivity index (χ0n) is 16.6. The molecule has 1 heterocycles. The molecule has 0 bridgehead atoms. The van der Waals surface area contributed by atoms with Gasteiger partial charge in [-0.2, -0.15) is 0 Å². The van der Waals surface area contributed by atoms with Gasteiger partial charge in [0.25, 0.3) is 11.8 Å². The van der Waals surface area contributed by atoms with Gasteiger partial charge in [-0.1, -0.05) is 0 Å². The zero-order valence-corrected chi connectivity index (χ0v) is 16.6. The fourth-order valence-corrected chi connectivity index (χ4v) is 2.82. The summed E-state index contributed by atoms with van der Waals surface area (Å²) in [5, 5.41) is 11.6. The SMILES string of the molecule is CCOc1cc(C(=O)NC(C)(C)C(=O)O)ccc1OCC(=O)N1CCCCC1. The molecule has 2 N–H and O–H groups in total. The van der Waals surface area contributed by atoms with Gasteiger partial charge in [-0.15, -0.1) is 0 Å². The molecule has 0 saturated carbocycles. The average Bonchev–Trinajstić information content (AvgIpc) is 2.67. The zero-order chi connectivity index (χ0) is 20.7. The van der Waals surface area contributed by atoms with Gasteiger partial charge in [-0.25, -0.2) is 4.79 Å². The quantitative estimate of drug-likeness (QED) is 0.702. The Morgan fingerprint density at radius 1 is 1.11 bits per heavy atom. The van der Waals surface area contributed by atoms with Crippen molar-refractivity contribution in [3.63, 3.8) is 0 Å². The van der Waals surface area contributed by atoms with E-state index in [9.17, 15) is 14.4 Å². The lowest BCUT2D eigenvalue weighted by Gasteiger charge is -2.26. The summed E-state index contributed by atoms with van der Waals surface area (Å²) in [5.41, 5.74) is -1.16. The third kappa shape index (κ3) is 5.61. The summed E-state index contributed by atoms with van der Waals surface area (Å²) in [5.74, 6) is -1.06. The van der Waals surface area contributed by atoms with E-state index in [4.69, 9.17) is 14.6 Å². The molecular formula is C20H28N2O6. The Bertz CT molecular complexity index is 725. The minimum Gasteiger partial charge on any atom is -0.490 e. The molecule has 28 heavy (non-hydrogen) atoms. The second-order valence-corrected chi connectivity index (χ2v) is 7.21. The van der Waals surface area contributed by atoms with E-state index in [1.807, 2.05) is 0 Å². The summed E-state index contributed by atoms with van der Waals surface area (Å²) in [6.07, 6.45) is 3.15. The first-order chi connectivity index (χ1) is 13.2. The van der Waals surface area contributed by atoms with E-state index in [1.54, 1.807) is 17.9 Å². The lowest BCUT2D eigenvalue weighted by atomic mass is 10.1. The normalized spacial score (nSPS) is 14.3. The molecule has 0 atom stereocenters. The Morgan fingerprint density at radius 3 is 2.39 bits per heavy atom. The van der Waals surface area contributed by atoms with Crippen molar-refractivity contribution in [3.05, 3.63) is 23.8 Å². The highest BCUT2D eigenvalue weighted by atomic mass is 16.5. The van der Waals surface area contributed by atoms with E-state index in [1.165, 1.54) is 26.0 Å². The average molecular weight is 392 g/mol. The molecule has 0 spiro atoms. The topological polar surface area (TPSA) is 105 Å². The summed E-state index contributed by atoms with van der Waals surface area (Å²) >= 11 is 0. The fourth-order valence-electron chi connectivity index (χ4n) is 2.82. The van der Waals surface area contributed by atoms with Crippen LogP contribution >= 0.6 is 0 Å². The number of hydrogen-bond acceptors (Lipinski definition) is 5. The standard InChI is InChI=1S/C20H28N2O6/c1-4-27-16-12-14(18(24)21-20(2,3)19(25)26)8-9-15(16)28-13-17(23)22-10-6-5-7-11-22/h8-9,12H,4-7,10-11,13H2,1-3H3,(H,21,24)(H,25,26). The lowest BCUT2D eigenvalue weighted by Crippen LogP contribution is -2.49. The number of piperidine rings is 1. The van der Waals surface area contributed by atoms with Crippen LogP contribution in [0.25, 0.3) is 0 Å². The highest BCUT2D eigenvalue weighted by Gasteiger charge is 2.29. The number of amides is 2. The number of hydrogen-bond donors (Lipinski definition) is 2. The van der Waals surface area contributed by atoms with Gasteiger partial charge >= 0.3 is 5.97 Å². The molecule has 1 aliphatic rings. The fraction of sp³-hybridized carbons (Fsp3) is 0.550. The lowest BCUT2D eigenvalue weighted by molar-refractivity contribution is -0.143. The minimum absolute atomic E-state index is 0.0767. The number of ether oxygens (including phenoxy) is 2. The van der Waals surface area contributed by atoms with Gasteiger partial charge in [-0.3, -0.25) is 9.59 Å². The van der Waals surface area contributed by atoms with Crippen molar-refractivity contribution in [3.8, 4) is 11.5 Å². The van der Waals surface area contributed by atoms with E-state index in [0.717, 1.165) is 32.4 Å². The van der Waals surface area contributed by atoms with Crippen LogP contribution in [0.5, 0.6) is 11.5 Å². The molecule has 1 aromatic carbocycles. The van der Waals surface area contributed by atoms with Gasteiger partial charge in [-0.05, 0) is 58.2 Å². The first kappa shape index (κ1) is 21.5. The van der Waals surface area contributed by atoms with Crippen LogP contribution in [0.15, 0.2) is 18.2 Å². The molecule has 0 aliphatic carbocycles. The van der Waals surface area contributed by atoms with Gasteiger partial charge in [0.05, 0.1) is 6.61 Å². The number of carboxylic acids is 1. The maximum absolute atomic E-state index is 12.4. The number of carbonyl (C=O) groups is 3. The maximum atomic E-state index is 12.4. The second-order valence-electron chi connectivity index (χ2n) is 7.21. The van der Waals surface area contributed by atoms with Crippen LogP contribution in [0, 0.1) is 0 Å². The Hall–Kier alpha value is -2.77. The summed E-state index contributed by atoms with van der Waals surface area (Å²) < 4.78 is 11.2. The summed E-state index contributed by atoms with van der Waals surface area (Å²) in [6, 6.07) is 4.55. The molecule has 154 valence electrons. The molecule has 2 rings (SSSR count). The maximum Gasteiger partial charge on any atom is 0.328 e. The number of aliphatic carboxylic acids is 1. The van der Waals surface area contributed by atoms with E-state index < -0.39 is 17.4 Å². The molecule has 0 unspecified atom stereocenters. The molecule has 1 fully saturated rings. The Balaban J connectivity index is 2.08. The molecule has 2 amide bonds. The van der Waals surface area contributed by atoms with Crippen LogP contribution in [0.1, 0.15) is 50.4 Å². The molecular weight excluding hydrogens is 364 g/mol. The molecule has 1 aliphatic heterocycles. The van der Waals surface area contributed by atoms with Crippen LogP contribution in [-0.2, 0) is 9.59 Å². The van der Waals surface area contributed by atoms with Crippen molar-refractivity contribution in [1.82, 2.24) is 10.2 Å². The van der Waals surface area contributed by atoms with Gasteiger partial charge in [0.2, 0.25) is 0 Å². The molecule has 1 saturated heterocycles. The predicted molar refractivity (Wildman–Crippen MR) is 103 cm³/mol. The van der Waals surface area contributed by atoms with Crippen LogP contribution in [0.4, 0.5) is 0 Å². The first-order valence-corrected chi connectivity index (χ1v) is 9.48. The highest BCUT2D eigenvalue weighted by Crippen LogP contribution is 2.29. The Labute approximate surface area is 164 Å². The largest absolute Gasteiger partial charge is 0.490 e. The van der Waals surface area contributed by atoms with Crippen molar-refractivity contribution < 1.29 is 29.0 Å². The van der Waals surface area contributed by atoms with Gasteiger partial charge in [0.15, 0.2) is 18.1 Å². The van der Waals surface area contributed by atoms with Crippen molar-refractivity contribution in [2.24, 2.45) is 0 Å². The summed E-state index contributed by atoms with van der Waals surface area (Å²) in [7, 11) is 0. The number of carbonyl (C=O) groups excluding carboxylic acids is 2. The molecule has 8 nitrogen and oxygen atoms in total. The highest BCUT2D eigenvalue weighted by molar-refractivity contribution is 5.98. The number of benzene rings is 1. The monoisotopic (exact) mass is 392 g/mol. The third-order valence-electron chi connectivity index (χ3n) is 4.53. The molecule has 0 aromatic heterocycles. The third-order valence-corrected chi connectivity index (χ3v) is 4.53. The number of nitrogens with zero attached hydrogens (tertiary/aromatic N) is 1. The Morgan fingerprint density at radius 2 is 1.79 bits per heavy atom. The smallest absolute Gasteiger partial charge is 0.328 e.